The van der Waals surface area contributed by atoms with E-state index in [2.05, 4.69) is 30.9 Å². The van der Waals surface area contributed by atoms with Crippen LogP contribution in [0, 0.1) is 0 Å². The van der Waals surface area contributed by atoms with Crippen LogP contribution in [-0.2, 0) is 4.79 Å². The summed E-state index contributed by atoms with van der Waals surface area (Å²) in [6, 6.07) is 15.1. The van der Waals surface area contributed by atoms with E-state index in [1.807, 2.05) is 36.4 Å². The summed E-state index contributed by atoms with van der Waals surface area (Å²) in [5, 5.41) is 9.75. The molecule has 0 radical (unpaired) electrons. The van der Waals surface area contributed by atoms with E-state index in [-0.39, 0.29) is 5.91 Å². The molecule has 140 valence electrons. The number of nitrogens with two attached hydrogens (primary N) is 1. The number of rotatable bonds is 5. The molecule has 2 aromatic heterocycles. The maximum Gasteiger partial charge on any atom is 0.221 e. The Labute approximate surface area is 164 Å². The van der Waals surface area contributed by atoms with Crippen molar-refractivity contribution < 1.29 is 4.79 Å². The third-order valence-electron chi connectivity index (χ3n) is 3.87. The van der Waals surface area contributed by atoms with Crippen molar-refractivity contribution in [3.8, 4) is 0 Å². The fourth-order valence-corrected chi connectivity index (χ4v) is 3.46. The molecule has 0 aliphatic rings. The molecule has 0 saturated carbocycles. The Morgan fingerprint density at radius 2 is 1.64 bits per heavy atom. The molecule has 0 saturated heterocycles. The largest absolute Gasteiger partial charge is 0.393 e. The van der Waals surface area contributed by atoms with Gasteiger partial charge < -0.3 is 21.7 Å². The van der Waals surface area contributed by atoms with Crippen molar-refractivity contribution in [1.82, 2.24) is 15.0 Å². The quantitative estimate of drug-likeness (QED) is 0.404. The number of aromatic nitrogens is 3. The molecule has 0 aliphatic carbocycles. The fraction of sp³-hybridized carbons (Fsp3) is 0.0526. The Morgan fingerprint density at radius 3 is 2.36 bits per heavy atom. The van der Waals surface area contributed by atoms with Crippen LogP contribution in [-0.4, -0.2) is 20.9 Å². The summed E-state index contributed by atoms with van der Waals surface area (Å²) in [6.45, 7) is 1.47. The van der Waals surface area contributed by atoms with Crippen molar-refractivity contribution in [3.63, 3.8) is 0 Å². The van der Waals surface area contributed by atoms with Crippen LogP contribution in [0.5, 0.6) is 0 Å². The van der Waals surface area contributed by atoms with Crippen molar-refractivity contribution in [2.45, 2.75) is 6.92 Å². The van der Waals surface area contributed by atoms with Gasteiger partial charge in [-0.2, -0.15) is 0 Å². The summed E-state index contributed by atoms with van der Waals surface area (Å²) in [5.41, 5.74) is 9.04. The van der Waals surface area contributed by atoms with Gasteiger partial charge in [-0.15, -0.1) is 0 Å². The number of para-hydroxylation sites is 1. The number of thiazole rings is 1. The highest BCUT2D eigenvalue weighted by Crippen LogP contribution is 2.32. The van der Waals surface area contributed by atoms with Crippen molar-refractivity contribution in [3.05, 3.63) is 54.9 Å². The van der Waals surface area contributed by atoms with Gasteiger partial charge in [-0.05, 0) is 36.4 Å². The number of hydrogen-bond donors (Lipinski definition) is 4. The lowest BCUT2D eigenvalue weighted by Crippen LogP contribution is -2.06. The van der Waals surface area contributed by atoms with Crippen molar-refractivity contribution in [1.29, 1.82) is 0 Å². The molecule has 0 fully saturated rings. The van der Waals surface area contributed by atoms with E-state index in [0.29, 0.717) is 28.1 Å². The van der Waals surface area contributed by atoms with Gasteiger partial charge in [-0.3, -0.25) is 4.79 Å². The average molecular weight is 391 g/mol. The Bertz CT molecular complexity index is 1110. The number of carbonyl (C=O) groups excluding carboxylic acids is 1. The van der Waals surface area contributed by atoms with Crippen LogP contribution in [0.3, 0.4) is 0 Å². The second kappa shape index (κ2) is 7.49. The number of nitrogens with zero attached hydrogens (tertiary/aromatic N) is 3. The number of nitrogens with one attached hydrogen (secondary N) is 3. The van der Waals surface area contributed by atoms with Crippen LogP contribution >= 0.6 is 11.3 Å². The van der Waals surface area contributed by atoms with Crippen molar-refractivity contribution >= 4 is 61.3 Å². The first-order valence-electron chi connectivity index (χ1n) is 8.46. The summed E-state index contributed by atoms with van der Waals surface area (Å²) >= 11 is 1.52. The minimum absolute atomic E-state index is 0.119. The van der Waals surface area contributed by atoms with E-state index in [1.165, 1.54) is 24.6 Å². The lowest BCUT2D eigenvalue weighted by Gasteiger charge is -2.12. The number of nitrogen functional groups attached to an aromatic ring is 1. The molecular weight excluding hydrogens is 374 g/mol. The first-order chi connectivity index (χ1) is 13.6. The molecule has 5 N–H and O–H groups in total. The van der Waals surface area contributed by atoms with E-state index in [4.69, 9.17) is 5.73 Å². The molecule has 0 bridgehead atoms. The van der Waals surface area contributed by atoms with Crippen LogP contribution < -0.4 is 21.7 Å². The summed E-state index contributed by atoms with van der Waals surface area (Å²) in [5.74, 6) is 0.837. The molecule has 28 heavy (non-hydrogen) atoms. The third-order valence-corrected chi connectivity index (χ3v) is 4.82. The van der Waals surface area contributed by atoms with Gasteiger partial charge in [-0.1, -0.05) is 23.5 Å². The Hall–Kier alpha value is -3.72. The zero-order chi connectivity index (χ0) is 19.5. The Kier molecular flexibility index (Phi) is 4.73. The van der Waals surface area contributed by atoms with Gasteiger partial charge in [-0.25, -0.2) is 15.0 Å². The molecule has 1 amide bonds. The number of amides is 1. The molecule has 0 spiro atoms. The van der Waals surface area contributed by atoms with Gasteiger partial charge in [0.2, 0.25) is 5.91 Å². The Balaban J connectivity index is 1.53. The number of hydrogen-bond acceptors (Lipinski definition) is 8. The minimum atomic E-state index is -0.119. The summed E-state index contributed by atoms with van der Waals surface area (Å²) in [7, 11) is 0. The number of benzene rings is 2. The molecule has 4 rings (SSSR count). The highest BCUT2D eigenvalue weighted by molar-refractivity contribution is 7.22. The average Bonchev–Trinajstić information content (AvgIpc) is 3.08. The molecule has 0 aliphatic heterocycles. The molecule has 2 aromatic carbocycles. The summed E-state index contributed by atoms with van der Waals surface area (Å²) < 4.78 is 1.08. The standard InChI is InChI=1S/C19H17N7OS/c1-11(27)23-12-6-8-13(9-7-12)24-17-16(20)18(22-10-21-17)26-19-25-14-4-2-3-5-15(14)28-19/h2-10H,20H2,1H3,(H,23,27)(H2,21,22,24,25,26). The lowest BCUT2D eigenvalue weighted by molar-refractivity contribution is -0.114. The molecular formula is C19H17N7OS. The van der Waals surface area contributed by atoms with Gasteiger partial charge in [0, 0.05) is 18.3 Å². The minimum Gasteiger partial charge on any atom is -0.393 e. The van der Waals surface area contributed by atoms with Gasteiger partial charge in [0.15, 0.2) is 16.8 Å². The second-order valence-corrected chi connectivity index (χ2v) is 7.01. The smallest absolute Gasteiger partial charge is 0.221 e. The van der Waals surface area contributed by atoms with Crippen molar-refractivity contribution in [2.75, 3.05) is 21.7 Å². The topological polar surface area (TPSA) is 118 Å². The van der Waals surface area contributed by atoms with E-state index >= 15 is 0 Å². The van der Waals surface area contributed by atoms with Gasteiger partial charge in [0.05, 0.1) is 10.2 Å². The van der Waals surface area contributed by atoms with Crippen LogP contribution in [0.1, 0.15) is 6.92 Å². The zero-order valence-electron chi connectivity index (χ0n) is 14.9. The number of fused-ring (bicyclic) bond motifs is 1. The molecule has 0 unspecified atom stereocenters. The van der Waals surface area contributed by atoms with E-state index in [0.717, 1.165) is 15.9 Å². The lowest BCUT2D eigenvalue weighted by atomic mass is 10.2. The van der Waals surface area contributed by atoms with E-state index in [9.17, 15) is 4.79 Å². The van der Waals surface area contributed by atoms with Crippen LogP contribution in [0.4, 0.5) is 33.8 Å². The van der Waals surface area contributed by atoms with Crippen LogP contribution in [0.15, 0.2) is 54.9 Å². The molecule has 0 atom stereocenters. The van der Waals surface area contributed by atoms with Crippen LogP contribution in [0.2, 0.25) is 0 Å². The number of carbonyl (C=O) groups is 1. The zero-order valence-corrected chi connectivity index (χ0v) is 15.7. The van der Waals surface area contributed by atoms with Gasteiger partial charge >= 0.3 is 0 Å². The predicted octanol–water partition coefficient (Wildman–Crippen LogP) is 4.11. The SMILES string of the molecule is CC(=O)Nc1ccc(Nc2ncnc(Nc3nc4ccccc4s3)c2N)cc1. The summed E-state index contributed by atoms with van der Waals surface area (Å²) in [6.07, 6.45) is 1.43. The highest BCUT2D eigenvalue weighted by Gasteiger charge is 2.11. The monoisotopic (exact) mass is 391 g/mol. The van der Waals surface area contributed by atoms with Gasteiger partial charge in [0.25, 0.3) is 0 Å². The first-order valence-corrected chi connectivity index (χ1v) is 9.28. The normalized spacial score (nSPS) is 10.6. The highest BCUT2D eigenvalue weighted by atomic mass is 32.1. The third kappa shape index (κ3) is 3.84. The summed E-state index contributed by atoms with van der Waals surface area (Å²) in [4.78, 5) is 24.1. The van der Waals surface area contributed by atoms with E-state index in [1.54, 1.807) is 12.1 Å². The Morgan fingerprint density at radius 1 is 0.964 bits per heavy atom. The second-order valence-electron chi connectivity index (χ2n) is 5.98. The number of anilines is 6. The molecule has 2 heterocycles. The van der Waals surface area contributed by atoms with Gasteiger partial charge in [0.1, 0.15) is 12.0 Å². The van der Waals surface area contributed by atoms with Crippen molar-refractivity contribution in [2.24, 2.45) is 0 Å². The predicted molar refractivity (Wildman–Crippen MR) is 113 cm³/mol. The maximum atomic E-state index is 11.1. The molecule has 8 nitrogen and oxygen atoms in total. The van der Waals surface area contributed by atoms with Crippen LogP contribution in [0.25, 0.3) is 10.2 Å². The molecule has 4 aromatic rings. The van der Waals surface area contributed by atoms with E-state index < -0.39 is 0 Å². The maximum absolute atomic E-state index is 11.1. The fourth-order valence-electron chi connectivity index (χ4n) is 2.60. The first kappa shape index (κ1) is 17.7. The molecule has 9 heteroatoms.